The van der Waals surface area contributed by atoms with Gasteiger partial charge < -0.3 is 4.18 Å². The quantitative estimate of drug-likeness (QED) is 0.592. The maximum Gasteiger partial charge on any atom is 0.534 e. The van der Waals surface area contributed by atoms with Crippen molar-refractivity contribution in [1.29, 1.82) is 0 Å². The highest BCUT2D eigenvalue weighted by molar-refractivity contribution is 7.88. The molecule has 0 spiro atoms. The Hall–Kier alpha value is -1.24. The van der Waals surface area contributed by atoms with Crippen LogP contribution in [-0.4, -0.2) is 13.9 Å². The lowest BCUT2D eigenvalue weighted by Gasteiger charge is -2.13. The number of rotatable bonds is 6. The summed E-state index contributed by atoms with van der Waals surface area (Å²) in [6.45, 7) is 3.84. The first-order valence-corrected chi connectivity index (χ1v) is 7.74. The summed E-state index contributed by atoms with van der Waals surface area (Å²) in [6.07, 6.45) is 2.81. The monoisotopic (exact) mass is 310 g/mol. The molecule has 7 heteroatoms. The van der Waals surface area contributed by atoms with Crippen LogP contribution in [0.5, 0.6) is 5.75 Å². The molecular weight excluding hydrogens is 293 g/mol. The Bertz CT molecular complexity index is 550. The van der Waals surface area contributed by atoms with Crippen LogP contribution in [0.3, 0.4) is 0 Å². The van der Waals surface area contributed by atoms with Gasteiger partial charge in [-0.25, -0.2) is 0 Å². The molecule has 0 aliphatic carbocycles. The summed E-state index contributed by atoms with van der Waals surface area (Å²) >= 11 is 0. The Morgan fingerprint density at radius 1 is 1.10 bits per heavy atom. The van der Waals surface area contributed by atoms with Gasteiger partial charge in [0.15, 0.2) is 0 Å². The van der Waals surface area contributed by atoms with Crippen molar-refractivity contribution in [3.05, 3.63) is 29.3 Å². The molecular formula is C13H17F3O3S. The molecule has 0 atom stereocenters. The summed E-state index contributed by atoms with van der Waals surface area (Å²) in [4.78, 5) is 0. The summed E-state index contributed by atoms with van der Waals surface area (Å²) < 4.78 is 63.3. The Labute approximate surface area is 116 Å². The van der Waals surface area contributed by atoms with Crippen molar-refractivity contribution in [2.75, 3.05) is 0 Å². The van der Waals surface area contributed by atoms with Gasteiger partial charge in [0, 0.05) is 0 Å². The average molecular weight is 310 g/mol. The van der Waals surface area contributed by atoms with Crippen LogP contribution < -0.4 is 4.18 Å². The van der Waals surface area contributed by atoms with Crippen molar-refractivity contribution in [1.82, 2.24) is 0 Å². The molecule has 0 saturated carbocycles. The van der Waals surface area contributed by atoms with Crippen molar-refractivity contribution in [2.24, 2.45) is 0 Å². The molecule has 0 amide bonds. The first-order chi connectivity index (χ1) is 9.21. The van der Waals surface area contributed by atoms with Crippen LogP contribution in [0.25, 0.3) is 0 Å². The van der Waals surface area contributed by atoms with Gasteiger partial charge in [-0.2, -0.15) is 21.6 Å². The second-order valence-corrected chi connectivity index (χ2v) is 5.96. The zero-order chi connectivity index (χ0) is 15.4. The van der Waals surface area contributed by atoms with Crippen molar-refractivity contribution < 1.29 is 25.8 Å². The molecule has 114 valence electrons. The summed E-state index contributed by atoms with van der Waals surface area (Å²) in [7, 11) is -5.62. The van der Waals surface area contributed by atoms with Crippen LogP contribution in [0, 0.1) is 0 Å². The minimum Gasteiger partial charge on any atom is -0.376 e. The zero-order valence-corrected chi connectivity index (χ0v) is 12.1. The Morgan fingerprint density at radius 3 is 2.20 bits per heavy atom. The molecule has 20 heavy (non-hydrogen) atoms. The van der Waals surface area contributed by atoms with E-state index in [4.69, 9.17) is 0 Å². The Kier molecular flexibility index (Phi) is 5.44. The third-order valence-electron chi connectivity index (χ3n) is 2.67. The van der Waals surface area contributed by atoms with E-state index >= 15 is 0 Å². The lowest BCUT2D eigenvalue weighted by atomic mass is 10.0. The van der Waals surface area contributed by atoms with Gasteiger partial charge in [0.25, 0.3) is 0 Å². The highest BCUT2D eigenvalue weighted by atomic mass is 32.2. The van der Waals surface area contributed by atoms with E-state index in [1.807, 2.05) is 13.8 Å². The zero-order valence-electron chi connectivity index (χ0n) is 11.3. The second kappa shape index (κ2) is 6.47. The van der Waals surface area contributed by atoms with E-state index in [2.05, 4.69) is 4.18 Å². The van der Waals surface area contributed by atoms with E-state index in [9.17, 15) is 21.6 Å². The number of hydrogen-bond donors (Lipinski definition) is 0. The van der Waals surface area contributed by atoms with Crippen LogP contribution in [0.1, 0.15) is 37.8 Å². The summed E-state index contributed by atoms with van der Waals surface area (Å²) in [5, 5.41) is 0. The maximum absolute atomic E-state index is 12.3. The molecule has 1 rings (SSSR count). The Morgan fingerprint density at radius 2 is 1.70 bits per heavy atom. The minimum atomic E-state index is -5.62. The molecule has 3 nitrogen and oxygen atoms in total. The van der Waals surface area contributed by atoms with E-state index in [0.717, 1.165) is 18.4 Å². The first kappa shape index (κ1) is 16.8. The van der Waals surface area contributed by atoms with E-state index in [1.54, 1.807) is 12.1 Å². The molecule has 0 saturated heterocycles. The molecule has 0 aromatic heterocycles. The molecule has 0 bridgehead atoms. The van der Waals surface area contributed by atoms with E-state index in [0.29, 0.717) is 18.4 Å². The summed E-state index contributed by atoms with van der Waals surface area (Å²) in [6, 6.07) is 4.58. The van der Waals surface area contributed by atoms with Gasteiger partial charge in [0.1, 0.15) is 5.75 Å². The van der Waals surface area contributed by atoms with Gasteiger partial charge in [-0.05, 0) is 30.0 Å². The predicted octanol–water partition coefficient (Wildman–Crippen LogP) is 3.82. The second-order valence-electron chi connectivity index (χ2n) is 4.43. The third-order valence-corrected chi connectivity index (χ3v) is 3.63. The molecule has 0 N–H and O–H groups in total. The molecule has 0 fully saturated rings. The highest BCUT2D eigenvalue weighted by Crippen LogP contribution is 2.30. The fourth-order valence-corrected chi connectivity index (χ4v) is 2.28. The van der Waals surface area contributed by atoms with Crippen LogP contribution in [0.2, 0.25) is 0 Å². The molecule has 1 aromatic carbocycles. The van der Waals surface area contributed by atoms with Crippen LogP contribution in [-0.2, 0) is 23.0 Å². The van der Waals surface area contributed by atoms with Gasteiger partial charge in [-0.1, -0.05) is 38.8 Å². The van der Waals surface area contributed by atoms with Gasteiger partial charge in [-0.15, -0.1) is 0 Å². The van der Waals surface area contributed by atoms with Gasteiger partial charge in [-0.3, -0.25) is 0 Å². The van der Waals surface area contributed by atoms with Crippen molar-refractivity contribution >= 4 is 10.1 Å². The largest absolute Gasteiger partial charge is 0.534 e. The number of hydrogen-bond acceptors (Lipinski definition) is 3. The van der Waals surface area contributed by atoms with Crippen LogP contribution in [0.4, 0.5) is 13.2 Å². The average Bonchev–Trinajstić information content (AvgIpc) is 2.31. The van der Waals surface area contributed by atoms with Crippen molar-refractivity contribution in [3.63, 3.8) is 0 Å². The van der Waals surface area contributed by atoms with E-state index < -0.39 is 15.6 Å². The van der Waals surface area contributed by atoms with Crippen molar-refractivity contribution in [3.8, 4) is 5.75 Å². The smallest absolute Gasteiger partial charge is 0.376 e. The standard InChI is InChI=1S/C13H17F3O3S/c1-3-5-10-7-8-12(11(9-10)6-4-2)19-20(17,18)13(14,15)16/h7-9H,3-6H2,1-2H3. The van der Waals surface area contributed by atoms with Crippen LogP contribution in [0.15, 0.2) is 18.2 Å². The van der Waals surface area contributed by atoms with Gasteiger partial charge in [0.2, 0.25) is 0 Å². The van der Waals surface area contributed by atoms with E-state index in [-0.39, 0.29) is 5.75 Å². The number of benzene rings is 1. The first-order valence-electron chi connectivity index (χ1n) is 6.33. The summed E-state index contributed by atoms with van der Waals surface area (Å²) in [5.74, 6) is -0.246. The number of halogens is 3. The Balaban J connectivity index is 3.12. The SMILES string of the molecule is CCCc1ccc(OS(=O)(=O)C(F)(F)F)c(CCC)c1. The lowest BCUT2D eigenvalue weighted by molar-refractivity contribution is -0.0500. The topological polar surface area (TPSA) is 43.4 Å². The predicted molar refractivity (Wildman–Crippen MR) is 70.0 cm³/mol. The maximum atomic E-state index is 12.3. The summed E-state index contributed by atoms with van der Waals surface area (Å²) in [5.41, 5.74) is -3.99. The van der Waals surface area contributed by atoms with E-state index in [1.165, 1.54) is 6.07 Å². The van der Waals surface area contributed by atoms with Gasteiger partial charge in [0.05, 0.1) is 0 Å². The molecule has 0 heterocycles. The third kappa shape index (κ3) is 4.13. The molecule has 0 aliphatic rings. The van der Waals surface area contributed by atoms with Gasteiger partial charge >= 0.3 is 15.6 Å². The highest BCUT2D eigenvalue weighted by Gasteiger charge is 2.48. The van der Waals surface area contributed by atoms with Crippen molar-refractivity contribution in [2.45, 2.75) is 45.0 Å². The number of aryl methyl sites for hydroxylation is 2. The normalized spacial score (nSPS) is 12.4. The molecule has 0 radical (unpaired) electrons. The molecule has 0 aliphatic heterocycles. The lowest BCUT2D eigenvalue weighted by Crippen LogP contribution is -2.28. The molecule has 1 aromatic rings. The molecule has 0 unspecified atom stereocenters. The fraction of sp³-hybridized carbons (Fsp3) is 0.538. The van der Waals surface area contributed by atoms with Crippen LogP contribution >= 0.6 is 0 Å². The number of alkyl halides is 3. The fourth-order valence-electron chi connectivity index (χ4n) is 1.79. The minimum absolute atomic E-state index is 0.246.